The van der Waals surface area contributed by atoms with Crippen molar-refractivity contribution >= 4 is 0 Å². The van der Waals surface area contributed by atoms with Crippen molar-refractivity contribution in [2.45, 2.75) is 25.9 Å². The van der Waals surface area contributed by atoms with Gasteiger partial charge in [-0.25, -0.2) is 4.39 Å². The van der Waals surface area contributed by atoms with Gasteiger partial charge >= 0.3 is 0 Å². The Balaban J connectivity index is 1.80. The van der Waals surface area contributed by atoms with E-state index >= 15 is 0 Å². The van der Waals surface area contributed by atoms with E-state index in [4.69, 9.17) is 4.74 Å². The van der Waals surface area contributed by atoms with Crippen molar-refractivity contribution in [1.29, 1.82) is 0 Å². The lowest BCUT2D eigenvalue weighted by molar-refractivity contribution is 0.178. The van der Waals surface area contributed by atoms with Crippen LogP contribution in [-0.4, -0.2) is 11.7 Å². The van der Waals surface area contributed by atoms with Gasteiger partial charge in [0.2, 0.25) is 0 Å². The Kier molecular flexibility index (Phi) is 3.45. The first-order chi connectivity index (χ1) is 9.63. The highest BCUT2D eigenvalue weighted by molar-refractivity contribution is 5.41. The minimum atomic E-state index is -0.579. The molecule has 0 saturated heterocycles. The maximum Gasteiger partial charge on any atom is 0.123 e. The van der Waals surface area contributed by atoms with Crippen LogP contribution in [0.5, 0.6) is 5.75 Å². The van der Waals surface area contributed by atoms with E-state index in [1.807, 2.05) is 25.1 Å². The van der Waals surface area contributed by atoms with E-state index < -0.39 is 6.10 Å². The predicted molar refractivity (Wildman–Crippen MR) is 75.4 cm³/mol. The number of benzene rings is 2. The van der Waals surface area contributed by atoms with Gasteiger partial charge in [-0.1, -0.05) is 12.1 Å². The molecule has 1 N–H and O–H groups in total. The van der Waals surface area contributed by atoms with Gasteiger partial charge in [0, 0.05) is 12.8 Å². The monoisotopic (exact) mass is 272 g/mol. The Morgan fingerprint density at radius 1 is 1.25 bits per heavy atom. The smallest absolute Gasteiger partial charge is 0.123 e. The fourth-order valence-corrected chi connectivity index (χ4v) is 2.63. The van der Waals surface area contributed by atoms with Gasteiger partial charge in [0.15, 0.2) is 0 Å². The van der Waals surface area contributed by atoms with E-state index in [2.05, 4.69) is 0 Å². The van der Waals surface area contributed by atoms with E-state index in [1.54, 1.807) is 6.07 Å². The lowest BCUT2D eigenvalue weighted by Gasteiger charge is -2.14. The first-order valence-electron chi connectivity index (χ1n) is 6.82. The number of aliphatic hydroxyl groups excluding tert-OH is 1. The lowest BCUT2D eigenvalue weighted by atomic mass is 9.96. The van der Waals surface area contributed by atoms with Crippen molar-refractivity contribution in [2.75, 3.05) is 6.61 Å². The topological polar surface area (TPSA) is 29.5 Å². The second kappa shape index (κ2) is 5.25. The van der Waals surface area contributed by atoms with Crippen LogP contribution in [0.2, 0.25) is 0 Å². The molecule has 3 rings (SSSR count). The molecule has 1 aliphatic heterocycles. The molecule has 0 radical (unpaired) electrons. The molecule has 0 fully saturated rings. The van der Waals surface area contributed by atoms with Crippen molar-refractivity contribution in [3.8, 4) is 5.75 Å². The largest absolute Gasteiger partial charge is 0.493 e. The maximum atomic E-state index is 13.1. The highest BCUT2D eigenvalue weighted by atomic mass is 19.1. The van der Waals surface area contributed by atoms with Crippen molar-refractivity contribution in [3.63, 3.8) is 0 Å². The molecule has 20 heavy (non-hydrogen) atoms. The molecule has 0 aliphatic carbocycles. The highest BCUT2D eigenvalue weighted by Gasteiger charge is 2.16. The van der Waals surface area contributed by atoms with E-state index in [0.29, 0.717) is 13.0 Å². The van der Waals surface area contributed by atoms with Crippen LogP contribution in [0.15, 0.2) is 36.4 Å². The van der Waals surface area contributed by atoms with Gasteiger partial charge in [0.25, 0.3) is 0 Å². The summed E-state index contributed by atoms with van der Waals surface area (Å²) in [6, 6.07) is 10.5. The number of aliphatic hydroxyl groups is 1. The summed E-state index contributed by atoms with van der Waals surface area (Å²) in [6.45, 7) is 2.58. The molecule has 2 aromatic carbocycles. The second-order valence-corrected chi connectivity index (χ2v) is 5.26. The number of ether oxygens (including phenoxy) is 1. The molecular formula is C17H17FO2. The molecule has 1 atom stereocenters. The Bertz CT molecular complexity index is 637. The summed E-state index contributed by atoms with van der Waals surface area (Å²) >= 11 is 0. The molecule has 0 aromatic heterocycles. The van der Waals surface area contributed by atoms with Crippen LogP contribution in [0, 0.1) is 12.7 Å². The fourth-order valence-electron chi connectivity index (χ4n) is 2.63. The van der Waals surface area contributed by atoms with Crippen molar-refractivity contribution in [3.05, 3.63) is 64.5 Å². The third-order valence-corrected chi connectivity index (χ3v) is 3.82. The fraction of sp³-hybridized carbons (Fsp3) is 0.294. The zero-order valence-corrected chi connectivity index (χ0v) is 11.4. The highest BCUT2D eigenvalue weighted by Crippen LogP contribution is 2.29. The van der Waals surface area contributed by atoms with Crippen molar-refractivity contribution in [1.82, 2.24) is 0 Å². The number of aryl methyl sites for hydroxylation is 1. The Hall–Kier alpha value is -1.87. The van der Waals surface area contributed by atoms with Crippen LogP contribution in [0.3, 0.4) is 0 Å². The predicted octanol–water partition coefficient (Wildman–Crippen LogP) is 3.35. The summed E-state index contributed by atoms with van der Waals surface area (Å²) in [5, 5.41) is 10.4. The number of rotatable bonds is 3. The molecule has 1 unspecified atom stereocenters. The van der Waals surface area contributed by atoms with Gasteiger partial charge in [-0.05, 0) is 53.4 Å². The van der Waals surface area contributed by atoms with Crippen molar-refractivity contribution < 1.29 is 14.2 Å². The van der Waals surface area contributed by atoms with Gasteiger partial charge < -0.3 is 9.84 Å². The summed E-state index contributed by atoms with van der Waals surface area (Å²) in [5.41, 5.74) is 3.87. The third-order valence-electron chi connectivity index (χ3n) is 3.82. The number of halogens is 1. The third kappa shape index (κ3) is 2.54. The minimum Gasteiger partial charge on any atom is -0.493 e. The summed E-state index contributed by atoms with van der Waals surface area (Å²) in [4.78, 5) is 0. The summed E-state index contributed by atoms with van der Waals surface area (Å²) in [6.07, 6.45) is 0.807. The van der Waals surface area contributed by atoms with Crippen molar-refractivity contribution in [2.24, 2.45) is 0 Å². The molecule has 1 aliphatic rings. The normalized spacial score (nSPS) is 14.8. The number of fused-ring (bicyclic) bond motifs is 1. The van der Waals surface area contributed by atoms with Crippen LogP contribution in [0.1, 0.15) is 28.4 Å². The molecule has 2 nitrogen and oxygen atoms in total. The molecule has 0 saturated carbocycles. The van der Waals surface area contributed by atoms with Gasteiger partial charge in [-0.2, -0.15) is 0 Å². The first kappa shape index (κ1) is 13.1. The Morgan fingerprint density at radius 2 is 2.10 bits per heavy atom. The van der Waals surface area contributed by atoms with Crippen LogP contribution in [0.4, 0.5) is 4.39 Å². The molecule has 0 spiro atoms. The minimum absolute atomic E-state index is 0.240. The Morgan fingerprint density at radius 3 is 2.90 bits per heavy atom. The summed E-state index contributed by atoms with van der Waals surface area (Å²) in [7, 11) is 0. The van der Waals surface area contributed by atoms with E-state index in [-0.39, 0.29) is 5.82 Å². The van der Waals surface area contributed by atoms with Gasteiger partial charge in [0.05, 0.1) is 12.7 Å². The maximum absolute atomic E-state index is 13.1. The van der Waals surface area contributed by atoms with E-state index in [9.17, 15) is 9.50 Å². The second-order valence-electron chi connectivity index (χ2n) is 5.26. The molecule has 1 heterocycles. The molecule has 0 amide bonds. The Labute approximate surface area is 117 Å². The van der Waals surface area contributed by atoms with E-state index in [1.165, 1.54) is 12.1 Å². The van der Waals surface area contributed by atoms with E-state index in [0.717, 1.165) is 34.4 Å². The number of hydrogen-bond acceptors (Lipinski definition) is 2. The molecular weight excluding hydrogens is 255 g/mol. The molecule has 0 bridgehead atoms. The average molecular weight is 272 g/mol. The van der Waals surface area contributed by atoms with Crippen LogP contribution in [-0.2, 0) is 12.8 Å². The SMILES string of the molecule is Cc1cc(F)ccc1CC(O)c1ccc2c(c1)CCO2. The summed E-state index contributed by atoms with van der Waals surface area (Å²) in [5.74, 6) is 0.675. The zero-order chi connectivity index (χ0) is 14.1. The molecule has 104 valence electrons. The van der Waals surface area contributed by atoms with Gasteiger partial charge in [-0.15, -0.1) is 0 Å². The van der Waals surface area contributed by atoms with Gasteiger partial charge in [-0.3, -0.25) is 0 Å². The number of hydrogen-bond donors (Lipinski definition) is 1. The zero-order valence-electron chi connectivity index (χ0n) is 11.4. The molecule has 3 heteroatoms. The average Bonchev–Trinajstić information content (AvgIpc) is 2.89. The molecule has 2 aromatic rings. The standard InChI is InChI=1S/C17H17FO2/c1-11-8-15(18)4-2-12(11)10-16(19)13-3-5-17-14(9-13)6-7-20-17/h2-5,8-9,16,19H,6-7,10H2,1H3. The van der Waals surface area contributed by atoms with Crippen LogP contribution >= 0.6 is 0 Å². The quantitative estimate of drug-likeness (QED) is 0.928. The van der Waals surface area contributed by atoms with Gasteiger partial charge in [0.1, 0.15) is 11.6 Å². The van der Waals surface area contributed by atoms with Crippen LogP contribution in [0.25, 0.3) is 0 Å². The summed E-state index contributed by atoms with van der Waals surface area (Å²) < 4.78 is 18.5. The lowest BCUT2D eigenvalue weighted by Crippen LogP contribution is -2.04. The first-order valence-corrected chi connectivity index (χ1v) is 6.82. The van der Waals surface area contributed by atoms with Crippen LogP contribution < -0.4 is 4.74 Å².